The van der Waals surface area contributed by atoms with Crippen molar-refractivity contribution in [2.24, 2.45) is 0 Å². The van der Waals surface area contributed by atoms with Gasteiger partial charge in [-0.05, 0) is 0 Å². The Hall–Kier alpha value is -0.390. The molecule has 1 nitrogen and oxygen atoms in total. The van der Waals surface area contributed by atoms with E-state index in [0.29, 0.717) is 0 Å². The molecular weight excluding hydrogens is 159 g/mol. The van der Waals surface area contributed by atoms with Gasteiger partial charge in [-0.15, -0.1) is 0 Å². The number of hydrogen-bond acceptors (Lipinski definition) is 1. The molecule has 0 spiro atoms. The molecule has 0 radical (unpaired) electrons. The smallest absolute Gasteiger partial charge is 0.305 e. The predicted octanol–water partition coefficient (Wildman–Crippen LogP) is 1.58. The lowest BCUT2D eigenvalue weighted by Crippen LogP contribution is -2.34. The molecule has 0 aromatic carbocycles. The highest BCUT2D eigenvalue weighted by atomic mass is 19.3. The van der Waals surface area contributed by atoms with Crippen molar-refractivity contribution in [3.05, 3.63) is 0 Å². The zero-order valence-electron chi connectivity index (χ0n) is 4.53. The van der Waals surface area contributed by atoms with Gasteiger partial charge in [0.1, 0.15) is 0 Å². The lowest BCUT2D eigenvalue weighted by molar-refractivity contribution is -0.158. The zero-order chi connectivity index (χ0) is 7.94. The summed E-state index contributed by atoms with van der Waals surface area (Å²) in [6, 6.07) is 0. The van der Waals surface area contributed by atoms with Crippen LogP contribution in [0, 0.1) is 0 Å². The minimum absolute atomic E-state index is 2.86. The van der Waals surface area contributed by atoms with E-state index in [-0.39, 0.29) is 0 Å². The Labute approximate surface area is 52.8 Å². The second-order valence-electron chi connectivity index (χ2n) is 1.88. The Balaban J connectivity index is 2.75. The van der Waals surface area contributed by atoms with Crippen LogP contribution in [-0.2, 0) is 4.74 Å². The molecule has 0 aliphatic carbocycles. The summed E-state index contributed by atoms with van der Waals surface area (Å²) in [7, 11) is 0. The number of rotatable bonds is 0. The quantitative estimate of drug-likeness (QED) is 0.491. The lowest BCUT2D eigenvalue weighted by Gasteiger charge is -2.09. The van der Waals surface area contributed by atoms with Crippen LogP contribution in [0.3, 0.4) is 0 Å². The van der Waals surface area contributed by atoms with E-state index in [1.54, 1.807) is 0 Å². The van der Waals surface area contributed by atoms with Crippen LogP contribution >= 0.6 is 0 Å². The fourth-order valence-electron chi connectivity index (χ4n) is 0.574. The summed E-state index contributed by atoms with van der Waals surface area (Å²) in [4.78, 5) is 0. The Kier molecular flexibility index (Phi) is 1.58. The van der Waals surface area contributed by atoms with E-state index >= 15 is 0 Å². The highest BCUT2D eigenvalue weighted by Crippen LogP contribution is 2.39. The van der Waals surface area contributed by atoms with Crippen molar-refractivity contribution in [2.45, 2.75) is 24.8 Å². The van der Waals surface area contributed by atoms with Gasteiger partial charge in [0.15, 0.2) is 0 Å². The minimum atomic E-state index is -4.35. The van der Waals surface area contributed by atoms with Crippen LogP contribution in [0.25, 0.3) is 0 Å². The van der Waals surface area contributed by atoms with Crippen molar-refractivity contribution in [2.75, 3.05) is 0 Å². The monoisotopic (exact) mass is 162 g/mol. The van der Waals surface area contributed by atoms with Gasteiger partial charge in [0.05, 0.1) is 0 Å². The first-order chi connectivity index (χ1) is 4.46. The van der Waals surface area contributed by atoms with Crippen LogP contribution in [-0.4, -0.2) is 24.8 Å². The summed E-state index contributed by atoms with van der Waals surface area (Å²) in [5.41, 5.74) is 0. The Morgan fingerprint density at radius 1 is 1.10 bits per heavy atom. The van der Waals surface area contributed by atoms with E-state index < -0.39 is 24.8 Å². The maximum Gasteiger partial charge on any atom is 0.338 e. The van der Waals surface area contributed by atoms with Gasteiger partial charge in [0.25, 0.3) is 6.36 Å². The number of hydrogen-bond donors (Lipinski definition) is 0. The molecule has 1 aliphatic rings. The molecule has 3 atom stereocenters. The molecule has 0 aromatic rings. The van der Waals surface area contributed by atoms with Crippen LogP contribution in [0.5, 0.6) is 0 Å². The third-order valence-electron chi connectivity index (χ3n) is 1.15. The van der Waals surface area contributed by atoms with Crippen LogP contribution in [0.4, 0.5) is 22.0 Å². The second kappa shape index (κ2) is 2.05. The molecule has 0 amide bonds. The first kappa shape index (κ1) is 7.71. The molecule has 1 aliphatic heterocycles. The van der Waals surface area contributed by atoms with E-state index in [1.807, 2.05) is 0 Å². The Morgan fingerprint density at radius 3 is 1.70 bits per heavy atom. The molecule has 1 fully saturated rings. The Morgan fingerprint density at radius 2 is 1.60 bits per heavy atom. The predicted molar refractivity (Wildman–Crippen MR) is 20.7 cm³/mol. The summed E-state index contributed by atoms with van der Waals surface area (Å²) in [6.45, 7) is 0. The third kappa shape index (κ3) is 0.865. The van der Waals surface area contributed by atoms with Gasteiger partial charge in [-0.3, -0.25) is 0 Å². The van der Waals surface area contributed by atoms with E-state index in [4.69, 9.17) is 0 Å². The SMILES string of the molecule is F[C@@H]1O[C@H](F)C(F)(F)[C@H]1F. The third-order valence-corrected chi connectivity index (χ3v) is 1.15. The fourth-order valence-corrected chi connectivity index (χ4v) is 0.574. The molecule has 6 heteroatoms. The summed E-state index contributed by atoms with van der Waals surface area (Å²) in [5, 5.41) is 0. The van der Waals surface area contributed by atoms with E-state index in [0.717, 1.165) is 0 Å². The van der Waals surface area contributed by atoms with Gasteiger partial charge in [-0.25, -0.2) is 13.2 Å². The van der Waals surface area contributed by atoms with Crippen LogP contribution in [0.2, 0.25) is 0 Å². The van der Waals surface area contributed by atoms with E-state index in [2.05, 4.69) is 4.74 Å². The highest BCUT2D eigenvalue weighted by molar-refractivity contribution is 4.88. The molecule has 10 heavy (non-hydrogen) atoms. The lowest BCUT2D eigenvalue weighted by atomic mass is 10.2. The van der Waals surface area contributed by atoms with Crippen molar-refractivity contribution in [3.8, 4) is 0 Å². The van der Waals surface area contributed by atoms with Crippen LogP contribution < -0.4 is 0 Å². The number of ether oxygens (including phenoxy) is 1. The normalized spacial score (nSPS) is 45.9. The average molecular weight is 162 g/mol. The molecule has 0 bridgehead atoms. The number of halogens is 5. The molecule has 60 valence electrons. The highest BCUT2D eigenvalue weighted by Gasteiger charge is 2.61. The first-order valence-electron chi connectivity index (χ1n) is 2.41. The fraction of sp³-hybridized carbons (Fsp3) is 1.00. The molecule has 0 unspecified atom stereocenters. The molecule has 1 heterocycles. The molecule has 0 N–H and O–H groups in total. The maximum absolute atomic E-state index is 11.9. The van der Waals surface area contributed by atoms with E-state index in [9.17, 15) is 22.0 Å². The Bertz CT molecular complexity index is 138. The largest absolute Gasteiger partial charge is 0.338 e. The summed E-state index contributed by atoms with van der Waals surface area (Å²) >= 11 is 0. The van der Waals surface area contributed by atoms with Crippen LogP contribution in [0.15, 0.2) is 0 Å². The van der Waals surface area contributed by atoms with Gasteiger partial charge in [0.2, 0.25) is 12.5 Å². The molecular formula is C4H3F5O. The van der Waals surface area contributed by atoms with Crippen molar-refractivity contribution < 1.29 is 26.7 Å². The second-order valence-corrected chi connectivity index (χ2v) is 1.88. The first-order valence-corrected chi connectivity index (χ1v) is 2.41. The van der Waals surface area contributed by atoms with E-state index in [1.165, 1.54) is 0 Å². The maximum atomic E-state index is 11.9. The van der Waals surface area contributed by atoms with Crippen molar-refractivity contribution >= 4 is 0 Å². The number of alkyl halides is 5. The average Bonchev–Trinajstić information content (AvgIpc) is 1.97. The van der Waals surface area contributed by atoms with Gasteiger partial charge in [-0.2, -0.15) is 8.78 Å². The summed E-state index contributed by atoms with van der Waals surface area (Å²) in [5.74, 6) is -4.35. The molecule has 0 aromatic heterocycles. The van der Waals surface area contributed by atoms with Crippen LogP contribution in [0.1, 0.15) is 0 Å². The molecule has 1 saturated heterocycles. The van der Waals surface area contributed by atoms with Gasteiger partial charge < -0.3 is 4.74 Å². The van der Waals surface area contributed by atoms with Gasteiger partial charge >= 0.3 is 5.92 Å². The molecule has 0 saturated carbocycles. The summed E-state index contributed by atoms with van der Waals surface area (Å²) in [6.07, 6.45) is -9.22. The topological polar surface area (TPSA) is 9.23 Å². The zero-order valence-corrected chi connectivity index (χ0v) is 4.53. The van der Waals surface area contributed by atoms with Gasteiger partial charge in [-0.1, -0.05) is 0 Å². The summed E-state index contributed by atoms with van der Waals surface area (Å²) < 4.78 is 62.3. The van der Waals surface area contributed by atoms with Crippen molar-refractivity contribution in [3.63, 3.8) is 0 Å². The van der Waals surface area contributed by atoms with Gasteiger partial charge in [0, 0.05) is 0 Å². The molecule has 1 rings (SSSR count). The van der Waals surface area contributed by atoms with Crippen molar-refractivity contribution in [1.82, 2.24) is 0 Å². The standard InChI is InChI=1S/C4H3F5O/c5-1-2(6)10-3(7)4(1,8)9/h1-3H/t1-,2+,3-/m0/s1. The minimum Gasteiger partial charge on any atom is -0.305 e. The van der Waals surface area contributed by atoms with Crippen molar-refractivity contribution in [1.29, 1.82) is 0 Å².